The predicted octanol–water partition coefficient (Wildman–Crippen LogP) is 4.18. The molecule has 1 atom stereocenters. The number of nitrogens with one attached hydrogen (secondary N) is 4. The minimum atomic E-state index is -0.682. The minimum absolute atomic E-state index is 0.00126. The second kappa shape index (κ2) is 14.1. The first-order valence-corrected chi connectivity index (χ1v) is 11.9. The van der Waals surface area contributed by atoms with Gasteiger partial charge in [0.25, 0.3) is 5.91 Å². The highest BCUT2D eigenvalue weighted by Gasteiger charge is 2.22. The fourth-order valence-electron chi connectivity index (χ4n) is 2.73. The average molecular weight is 500 g/mol. The lowest BCUT2D eigenvalue weighted by Crippen LogP contribution is -2.40. The largest absolute Gasteiger partial charge is 0.490 e. The molecule has 6 N–H and O–H groups in total. The van der Waals surface area contributed by atoms with Crippen LogP contribution in [0.4, 0.5) is 5.69 Å². The van der Waals surface area contributed by atoms with Crippen LogP contribution in [-0.2, 0) is 9.59 Å². The number of amidine groups is 1. The van der Waals surface area contributed by atoms with E-state index in [0.717, 1.165) is 0 Å². The van der Waals surface area contributed by atoms with Crippen molar-refractivity contribution in [3.8, 4) is 11.5 Å². The topological polar surface area (TPSA) is 139 Å². The van der Waals surface area contributed by atoms with Crippen LogP contribution in [0.3, 0.4) is 0 Å². The van der Waals surface area contributed by atoms with Crippen molar-refractivity contribution in [2.45, 2.75) is 60.6 Å². The summed E-state index contributed by atoms with van der Waals surface area (Å²) in [5.74, 6) is 1.18. The first kappa shape index (κ1) is 30.4. The van der Waals surface area contributed by atoms with Gasteiger partial charge in [-0.3, -0.25) is 20.4 Å². The molecule has 0 bridgehead atoms. The molecule has 0 aliphatic rings. The van der Waals surface area contributed by atoms with Crippen molar-refractivity contribution in [2.75, 3.05) is 19.0 Å². The zero-order chi connectivity index (χ0) is 27.5. The zero-order valence-corrected chi connectivity index (χ0v) is 22.6. The molecule has 0 aliphatic heterocycles. The van der Waals surface area contributed by atoms with Gasteiger partial charge in [0, 0.05) is 23.7 Å². The molecule has 0 saturated carbocycles. The van der Waals surface area contributed by atoms with Gasteiger partial charge in [-0.2, -0.15) is 0 Å². The van der Waals surface area contributed by atoms with E-state index in [1.807, 2.05) is 47.6 Å². The maximum atomic E-state index is 12.7. The molecule has 0 heterocycles. The number of hydrogen-bond donors (Lipinski definition) is 5. The van der Waals surface area contributed by atoms with E-state index in [1.54, 1.807) is 50.4 Å². The highest BCUT2D eigenvalue weighted by molar-refractivity contribution is 5.95. The lowest BCUT2D eigenvalue weighted by atomic mass is 9.92. The van der Waals surface area contributed by atoms with Crippen LogP contribution in [-0.4, -0.2) is 37.3 Å². The molecular formula is C27H41N5O4. The Kier molecular flexibility index (Phi) is 11.9. The number of ketones is 1. The summed E-state index contributed by atoms with van der Waals surface area (Å²) in [6.45, 7) is 13.6. The maximum Gasteiger partial charge on any atom is 0.261 e. The Morgan fingerprint density at radius 1 is 1.06 bits per heavy atom. The lowest BCUT2D eigenvalue weighted by Gasteiger charge is -2.22. The molecule has 0 spiro atoms. The van der Waals surface area contributed by atoms with Gasteiger partial charge in [0.1, 0.15) is 17.7 Å². The number of ether oxygens (including phenoxy) is 2. The van der Waals surface area contributed by atoms with Crippen molar-refractivity contribution in [2.24, 2.45) is 11.1 Å². The molecule has 0 radical (unpaired) electrons. The van der Waals surface area contributed by atoms with Gasteiger partial charge >= 0.3 is 0 Å². The van der Waals surface area contributed by atoms with Gasteiger partial charge in [-0.15, -0.1) is 0 Å². The minimum Gasteiger partial charge on any atom is -0.490 e. The van der Waals surface area contributed by atoms with Crippen molar-refractivity contribution in [1.82, 2.24) is 10.9 Å². The van der Waals surface area contributed by atoms with Crippen molar-refractivity contribution < 1.29 is 19.1 Å². The molecule has 198 valence electrons. The number of nitrogens with two attached hydrogens (primary N) is 1. The van der Waals surface area contributed by atoms with Crippen LogP contribution in [0.15, 0.2) is 42.5 Å². The molecule has 2 aromatic rings. The van der Waals surface area contributed by atoms with Crippen LogP contribution in [0.5, 0.6) is 11.5 Å². The van der Waals surface area contributed by atoms with Crippen LogP contribution < -0.4 is 31.4 Å². The van der Waals surface area contributed by atoms with E-state index < -0.39 is 6.04 Å². The molecule has 36 heavy (non-hydrogen) atoms. The number of rotatable bonds is 10. The number of hydrogen-bond acceptors (Lipinski definition) is 7. The first-order valence-electron chi connectivity index (χ1n) is 11.9. The summed E-state index contributed by atoms with van der Waals surface area (Å²) in [5.41, 5.74) is 12.7. The summed E-state index contributed by atoms with van der Waals surface area (Å²) in [5, 5.41) is 10.7. The Hall–Kier alpha value is -3.59. The van der Waals surface area contributed by atoms with Gasteiger partial charge in [-0.25, -0.2) is 5.43 Å². The van der Waals surface area contributed by atoms with Crippen molar-refractivity contribution in [1.29, 1.82) is 5.41 Å². The van der Waals surface area contributed by atoms with E-state index in [-0.39, 0.29) is 29.0 Å². The molecule has 0 fully saturated rings. The monoisotopic (exact) mass is 499 g/mol. The number of nitrogen functional groups attached to an aromatic ring is 1. The number of hydrazine groups is 1. The van der Waals surface area contributed by atoms with Gasteiger partial charge in [-0.05, 0) is 69.7 Å². The van der Waals surface area contributed by atoms with E-state index in [2.05, 4.69) is 16.2 Å². The quantitative estimate of drug-likeness (QED) is 0.188. The third-order valence-electron chi connectivity index (χ3n) is 5.04. The van der Waals surface area contributed by atoms with E-state index in [1.165, 1.54) is 0 Å². The fraction of sp³-hybridized carbons (Fsp3) is 0.444. The number of Topliss-reactive ketones (excluding diaryl/α,β-unsaturated/α-hetero) is 1. The Morgan fingerprint density at radius 2 is 1.64 bits per heavy atom. The Labute approximate surface area is 214 Å². The van der Waals surface area contributed by atoms with E-state index in [9.17, 15) is 9.59 Å². The predicted molar refractivity (Wildman–Crippen MR) is 145 cm³/mol. The van der Waals surface area contributed by atoms with Crippen LogP contribution in [0.25, 0.3) is 0 Å². The third kappa shape index (κ3) is 9.95. The molecule has 0 aromatic heterocycles. The summed E-state index contributed by atoms with van der Waals surface area (Å²) in [4.78, 5) is 23.2. The molecular weight excluding hydrogens is 458 g/mol. The highest BCUT2D eigenvalue weighted by Crippen LogP contribution is 2.32. The van der Waals surface area contributed by atoms with Crippen molar-refractivity contribution in [3.05, 3.63) is 53.6 Å². The average Bonchev–Trinajstić information content (AvgIpc) is 2.79. The number of amides is 1. The SMILES string of the molecule is CC(=O)C(C)(C)C.CCOc1cc(C(Nc2ccc(C(=N)N)cc2)C(=O)NNC)ccc1OC(C)C. The molecule has 2 aromatic carbocycles. The van der Waals surface area contributed by atoms with Gasteiger partial charge in [0.05, 0.1) is 12.7 Å². The van der Waals surface area contributed by atoms with Crippen LogP contribution in [0.2, 0.25) is 0 Å². The Bertz CT molecular complexity index is 1010. The van der Waals surface area contributed by atoms with Gasteiger partial charge < -0.3 is 20.5 Å². The molecule has 0 aliphatic carbocycles. The fourth-order valence-corrected chi connectivity index (χ4v) is 2.73. The molecule has 1 amide bonds. The van der Waals surface area contributed by atoms with E-state index >= 15 is 0 Å². The van der Waals surface area contributed by atoms with Gasteiger partial charge in [0.2, 0.25) is 0 Å². The van der Waals surface area contributed by atoms with Gasteiger partial charge in [-0.1, -0.05) is 26.8 Å². The molecule has 1 unspecified atom stereocenters. The van der Waals surface area contributed by atoms with E-state index in [0.29, 0.717) is 34.9 Å². The second-order valence-corrected chi connectivity index (χ2v) is 9.42. The molecule has 9 nitrogen and oxygen atoms in total. The molecule has 2 rings (SSSR count). The Balaban J connectivity index is 0.000000809. The van der Waals surface area contributed by atoms with E-state index in [4.69, 9.17) is 20.6 Å². The summed E-state index contributed by atoms with van der Waals surface area (Å²) in [6.07, 6.45) is 0.00126. The number of benzene rings is 2. The summed E-state index contributed by atoms with van der Waals surface area (Å²) in [7, 11) is 1.63. The van der Waals surface area contributed by atoms with Crippen LogP contribution >= 0.6 is 0 Å². The second-order valence-electron chi connectivity index (χ2n) is 9.42. The van der Waals surface area contributed by atoms with Gasteiger partial charge in [0.15, 0.2) is 11.5 Å². The standard InChI is InChI=1S/C21H29N5O3.C6H12O/c1-5-28-18-12-15(8-11-17(18)29-13(2)3)19(21(27)26-24-4)25-16-9-6-14(7-10-16)20(22)23;1-5(7)6(2,3)4/h6-13,19,24-25H,5H2,1-4H3,(H3,22,23)(H,26,27);1-4H3. The maximum absolute atomic E-state index is 12.7. The number of carbonyl (C=O) groups excluding carboxylic acids is 2. The lowest BCUT2D eigenvalue weighted by molar-refractivity contribution is -0.124. The van der Waals surface area contributed by atoms with Crippen molar-refractivity contribution >= 4 is 23.2 Å². The molecule has 0 saturated heterocycles. The molecule has 9 heteroatoms. The summed E-state index contributed by atoms with van der Waals surface area (Å²) in [6, 6.07) is 11.8. The summed E-state index contributed by atoms with van der Waals surface area (Å²) < 4.78 is 11.5. The third-order valence-corrected chi connectivity index (χ3v) is 5.04. The van der Waals surface area contributed by atoms with Crippen LogP contribution in [0.1, 0.15) is 65.6 Å². The Morgan fingerprint density at radius 3 is 2.08 bits per heavy atom. The summed E-state index contributed by atoms with van der Waals surface area (Å²) >= 11 is 0. The zero-order valence-electron chi connectivity index (χ0n) is 22.6. The van der Waals surface area contributed by atoms with Crippen molar-refractivity contribution in [3.63, 3.8) is 0 Å². The highest BCUT2D eigenvalue weighted by atomic mass is 16.5. The number of anilines is 1. The number of carbonyl (C=O) groups is 2. The normalized spacial score (nSPS) is 11.6. The first-order chi connectivity index (χ1) is 16.8. The van der Waals surface area contributed by atoms with Crippen LogP contribution in [0, 0.1) is 10.8 Å². The smallest absolute Gasteiger partial charge is 0.261 e.